The average molecular weight is 260 g/mol. The van der Waals surface area contributed by atoms with Gasteiger partial charge in [0.05, 0.1) is 0 Å². The van der Waals surface area contributed by atoms with Crippen LogP contribution in [0, 0.1) is 0 Å². The third kappa shape index (κ3) is 14.9. The molecule has 0 rings (SSSR count). The number of rotatable bonds is 13. The van der Waals surface area contributed by atoms with E-state index < -0.39 is 11.9 Å². The molecule has 0 aromatic carbocycles. The van der Waals surface area contributed by atoms with Crippen molar-refractivity contribution in [2.24, 2.45) is 0 Å². The zero-order chi connectivity index (χ0) is 13.6. The summed E-state index contributed by atoms with van der Waals surface area (Å²) in [6.07, 6.45) is 7.02. The van der Waals surface area contributed by atoms with Crippen LogP contribution in [0.2, 0.25) is 0 Å². The maximum Gasteiger partial charge on any atom is 0.303 e. The van der Waals surface area contributed by atoms with E-state index >= 15 is 0 Å². The lowest BCUT2D eigenvalue weighted by atomic mass is 10.1. The van der Waals surface area contributed by atoms with Gasteiger partial charge < -0.3 is 14.9 Å². The van der Waals surface area contributed by atoms with Crippen LogP contribution in [0.3, 0.4) is 0 Å². The summed E-state index contributed by atoms with van der Waals surface area (Å²) in [5, 5.41) is 16.8. The number of unbranched alkanes of at least 4 members (excludes halogenated alkanes) is 5. The van der Waals surface area contributed by atoms with Gasteiger partial charge in [0.2, 0.25) is 0 Å². The highest BCUT2D eigenvalue weighted by Crippen LogP contribution is 2.07. The molecular formula is C13H24O5. The maximum atomic E-state index is 10.2. The van der Waals surface area contributed by atoms with Gasteiger partial charge in [0.1, 0.15) is 0 Å². The van der Waals surface area contributed by atoms with Crippen LogP contribution in [0.5, 0.6) is 0 Å². The third-order valence-corrected chi connectivity index (χ3v) is 2.61. The second kappa shape index (κ2) is 12.4. The Hall–Kier alpha value is -1.10. The highest BCUT2D eigenvalue weighted by atomic mass is 16.5. The molecule has 0 heterocycles. The summed E-state index contributed by atoms with van der Waals surface area (Å²) in [5.74, 6) is -1.50. The predicted octanol–water partition coefficient (Wildman–Crippen LogP) is 2.68. The minimum atomic E-state index is -0.778. The lowest BCUT2D eigenvalue weighted by molar-refractivity contribution is -0.138. The lowest BCUT2D eigenvalue weighted by Crippen LogP contribution is -2.01. The normalized spacial score (nSPS) is 10.4. The van der Waals surface area contributed by atoms with Crippen LogP contribution < -0.4 is 0 Å². The topological polar surface area (TPSA) is 83.8 Å². The molecule has 0 radical (unpaired) electrons. The Morgan fingerprint density at radius 3 is 1.72 bits per heavy atom. The molecule has 5 nitrogen and oxygen atoms in total. The van der Waals surface area contributed by atoms with Gasteiger partial charge in [-0.05, 0) is 19.3 Å². The molecule has 5 heteroatoms. The van der Waals surface area contributed by atoms with Crippen molar-refractivity contribution in [1.29, 1.82) is 0 Å². The van der Waals surface area contributed by atoms with Gasteiger partial charge >= 0.3 is 11.9 Å². The Bertz CT molecular complexity index is 203. The first kappa shape index (κ1) is 16.9. The molecule has 0 saturated carbocycles. The number of hydrogen-bond acceptors (Lipinski definition) is 3. The molecule has 0 bridgehead atoms. The number of carbonyl (C=O) groups is 2. The molecule has 0 aliphatic heterocycles. The smallest absolute Gasteiger partial charge is 0.303 e. The van der Waals surface area contributed by atoms with E-state index in [9.17, 15) is 9.59 Å². The van der Waals surface area contributed by atoms with Gasteiger partial charge in [-0.25, -0.2) is 0 Å². The summed E-state index contributed by atoms with van der Waals surface area (Å²) in [6.45, 7) is 1.21. The van der Waals surface area contributed by atoms with Crippen molar-refractivity contribution in [1.82, 2.24) is 0 Å². The predicted molar refractivity (Wildman–Crippen MR) is 67.6 cm³/mol. The number of hydrogen-bond donors (Lipinski definition) is 2. The van der Waals surface area contributed by atoms with Gasteiger partial charge in [-0.1, -0.05) is 25.7 Å². The number of aliphatic carboxylic acids is 2. The molecule has 0 aromatic heterocycles. The molecule has 0 fully saturated rings. The minimum absolute atomic E-state index is 0.170. The fourth-order valence-electron chi connectivity index (χ4n) is 1.61. The van der Waals surface area contributed by atoms with Crippen molar-refractivity contribution >= 4 is 11.9 Å². The van der Waals surface area contributed by atoms with Crippen LogP contribution in [0.15, 0.2) is 0 Å². The van der Waals surface area contributed by atoms with Crippen molar-refractivity contribution < 1.29 is 24.5 Å². The van der Waals surface area contributed by atoms with Gasteiger partial charge in [0.25, 0.3) is 0 Å². The van der Waals surface area contributed by atoms with Crippen LogP contribution in [-0.2, 0) is 14.3 Å². The summed E-state index contributed by atoms with van der Waals surface area (Å²) >= 11 is 0. The molecule has 18 heavy (non-hydrogen) atoms. The molecule has 0 aliphatic rings. The molecular weight excluding hydrogens is 236 g/mol. The van der Waals surface area contributed by atoms with E-state index in [1.54, 1.807) is 0 Å². The van der Waals surface area contributed by atoms with E-state index in [2.05, 4.69) is 0 Å². The molecule has 0 spiro atoms. The van der Waals surface area contributed by atoms with Crippen LogP contribution in [-0.4, -0.2) is 35.4 Å². The van der Waals surface area contributed by atoms with Crippen molar-refractivity contribution in [3.63, 3.8) is 0 Å². The monoisotopic (exact) mass is 260 g/mol. The van der Waals surface area contributed by atoms with Crippen molar-refractivity contribution in [2.45, 2.75) is 57.8 Å². The summed E-state index contributed by atoms with van der Waals surface area (Å²) in [4.78, 5) is 20.5. The van der Waals surface area contributed by atoms with Gasteiger partial charge in [0, 0.05) is 26.1 Å². The summed E-state index contributed by atoms with van der Waals surface area (Å²) in [5.41, 5.74) is 0. The molecule has 0 aromatic rings. The first-order valence-corrected chi connectivity index (χ1v) is 6.64. The lowest BCUT2D eigenvalue weighted by Gasteiger charge is -2.03. The molecule has 0 unspecified atom stereocenters. The number of carboxylic acids is 2. The largest absolute Gasteiger partial charge is 0.481 e. The Morgan fingerprint density at radius 2 is 1.11 bits per heavy atom. The molecule has 0 saturated heterocycles. The molecule has 0 amide bonds. The Balaban J connectivity index is 2.99. The van der Waals surface area contributed by atoms with Gasteiger partial charge in [-0.2, -0.15) is 0 Å². The fraction of sp³-hybridized carbons (Fsp3) is 0.846. The highest BCUT2D eigenvalue weighted by Gasteiger charge is 1.97. The Labute approximate surface area is 108 Å². The first-order chi connectivity index (χ1) is 8.63. The van der Waals surface area contributed by atoms with Gasteiger partial charge in [0.15, 0.2) is 0 Å². The van der Waals surface area contributed by atoms with E-state index in [0.717, 1.165) is 38.5 Å². The Kier molecular flexibility index (Phi) is 11.6. The summed E-state index contributed by atoms with van der Waals surface area (Å²) in [6, 6.07) is 0. The average Bonchev–Trinajstić information content (AvgIpc) is 2.29. The second-order valence-corrected chi connectivity index (χ2v) is 4.37. The summed E-state index contributed by atoms with van der Waals surface area (Å²) in [7, 11) is 0. The third-order valence-electron chi connectivity index (χ3n) is 2.61. The van der Waals surface area contributed by atoms with Crippen LogP contribution in [0.4, 0.5) is 0 Å². The maximum absolute atomic E-state index is 10.2. The molecule has 0 atom stereocenters. The standard InChI is InChI=1S/C13H24O5/c14-12(15)8-5-3-1-2-4-6-10-18-11-7-9-13(16)17/h1-11H2,(H,14,15)(H,16,17). The van der Waals surface area contributed by atoms with Crippen LogP contribution in [0.1, 0.15) is 57.8 Å². The van der Waals surface area contributed by atoms with Crippen molar-refractivity contribution in [2.75, 3.05) is 13.2 Å². The van der Waals surface area contributed by atoms with Crippen molar-refractivity contribution in [3.8, 4) is 0 Å². The van der Waals surface area contributed by atoms with Crippen molar-refractivity contribution in [3.05, 3.63) is 0 Å². The first-order valence-electron chi connectivity index (χ1n) is 6.64. The SMILES string of the molecule is O=C(O)CCCCCCCCOCCCC(=O)O. The Morgan fingerprint density at radius 1 is 0.667 bits per heavy atom. The zero-order valence-electron chi connectivity index (χ0n) is 10.9. The quantitative estimate of drug-likeness (QED) is 0.497. The second-order valence-electron chi connectivity index (χ2n) is 4.37. The molecule has 106 valence electrons. The van der Waals surface area contributed by atoms with E-state index in [0.29, 0.717) is 19.6 Å². The van der Waals surface area contributed by atoms with E-state index in [1.165, 1.54) is 0 Å². The minimum Gasteiger partial charge on any atom is -0.481 e. The highest BCUT2D eigenvalue weighted by molar-refractivity contribution is 5.66. The molecule has 2 N–H and O–H groups in total. The van der Waals surface area contributed by atoms with Crippen LogP contribution in [0.25, 0.3) is 0 Å². The van der Waals surface area contributed by atoms with E-state index in [4.69, 9.17) is 14.9 Å². The summed E-state index contributed by atoms with van der Waals surface area (Å²) < 4.78 is 5.30. The fourth-order valence-corrected chi connectivity index (χ4v) is 1.61. The van der Waals surface area contributed by atoms with Gasteiger partial charge in [-0.3, -0.25) is 9.59 Å². The zero-order valence-corrected chi connectivity index (χ0v) is 10.9. The number of ether oxygens (including phenoxy) is 1. The number of carboxylic acid groups (broad SMARTS) is 2. The van der Waals surface area contributed by atoms with E-state index in [-0.39, 0.29) is 12.8 Å². The van der Waals surface area contributed by atoms with Gasteiger partial charge in [-0.15, -0.1) is 0 Å². The van der Waals surface area contributed by atoms with E-state index in [1.807, 2.05) is 0 Å². The molecule has 0 aliphatic carbocycles. The van der Waals surface area contributed by atoms with Crippen LogP contribution >= 0.6 is 0 Å².